The number of nitrogens with one attached hydrogen (secondary N) is 1. The molecule has 0 bridgehead atoms. The van der Waals surface area contributed by atoms with E-state index >= 15 is 0 Å². The van der Waals surface area contributed by atoms with Gasteiger partial charge in [0.15, 0.2) is 5.69 Å². The van der Waals surface area contributed by atoms with E-state index < -0.39 is 49.9 Å². The summed E-state index contributed by atoms with van der Waals surface area (Å²) >= 11 is 11.2. The number of halogens is 5. The summed E-state index contributed by atoms with van der Waals surface area (Å²) in [7, 11) is -4.39. The number of rotatable bonds is 5. The van der Waals surface area contributed by atoms with Crippen molar-refractivity contribution in [1.29, 1.82) is 0 Å². The number of pyridine rings is 1. The van der Waals surface area contributed by atoms with Crippen LogP contribution in [0.1, 0.15) is 21.6 Å². The fourth-order valence-corrected chi connectivity index (χ4v) is 3.39. The fourth-order valence-electron chi connectivity index (χ4n) is 1.95. The van der Waals surface area contributed by atoms with E-state index in [-0.39, 0.29) is 10.6 Å². The minimum absolute atomic E-state index is 0.0569. The third kappa shape index (κ3) is 4.64. The van der Waals surface area contributed by atoms with Gasteiger partial charge in [-0.2, -0.15) is 13.2 Å². The smallest absolute Gasteiger partial charge is 0.417 e. The number of carboxylic acid groups (broad SMARTS) is 1. The number of carboxylic acids is 1. The summed E-state index contributed by atoms with van der Waals surface area (Å²) in [6, 6.07) is 3.28. The summed E-state index contributed by atoms with van der Waals surface area (Å²) in [6.07, 6.45) is -3.77. The maximum absolute atomic E-state index is 12.9. The van der Waals surface area contributed by atoms with Crippen molar-refractivity contribution in [2.24, 2.45) is 0 Å². The second kappa shape index (κ2) is 7.39. The van der Waals surface area contributed by atoms with Crippen LogP contribution in [-0.2, 0) is 22.7 Å². The first-order chi connectivity index (χ1) is 11.9. The van der Waals surface area contributed by atoms with Crippen LogP contribution in [0, 0.1) is 0 Å². The van der Waals surface area contributed by atoms with Crippen molar-refractivity contribution in [2.75, 3.05) is 0 Å². The first-order valence-electron chi connectivity index (χ1n) is 6.66. The lowest BCUT2D eigenvalue weighted by molar-refractivity contribution is -0.137. The van der Waals surface area contributed by atoms with Crippen LogP contribution >= 0.6 is 23.2 Å². The Morgan fingerprint density at radius 2 is 1.88 bits per heavy atom. The second-order valence-corrected chi connectivity index (χ2v) is 7.54. The zero-order valence-electron chi connectivity index (χ0n) is 12.5. The minimum atomic E-state index is -4.84. The molecule has 1 aromatic carbocycles. The number of nitrogens with zero attached hydrogens (tertiary/aromatic N) is 1. The Labute approximate surface area is 155 Å². The molecule has 0 amide bonds. The van der Waals surface area contributed by atoms with Gasteiger partial charge in [0.2, 0.25) is 10.0 Å². The van der Waals surface area contributed by atoms with Gasteiger partial charge < -0.3 is 5.11 Å². The summed E-state index contributed by atoms with van der Waals surface area (Å²) in [4.78, 5) is 14.0. The molecule has 6 nitrogen and oxygen atoms in total. The second-order valence-electron chi connectivity index (χ2n) is 4.93. The highest BCUT2D eigenvalue weighted by atomic mass is 35.5. The molecular weight excluding hydrogens is 420 g/mol. The van der Waals surface area contributed by atoms with Crippen molar-refractivity contribution in [3.05, 3.63) is 57.3 Å². The Morgan fingerprint density at radius 1 is 1.23 bits per heavy atom. The number of hydrogen-bond acceptors (Lipinski definition) is 4. The van der Waals surface area contributed by atoms with Gasteiger partial charge in [-0.05, 0) is 24.3 Å². The molecule has 26 heavy (non-hydrogen) atoms. The van der Waals surface area contributed by atoms with E-state index in [1.807, 2.05) is 4.72 Å². The van der Waals surface area contributed by atoms with Crippen molar-refractivity contribution >= 4 is 39.2 Å². The maximum Gasteiger partial charge on any atom is 0.417 e. The summed E-state index contributed by atoms with van der Waals surface area (Å²) in [5.41, 5.74) is -1.81. The molecule has 0 saturated heterocycles. The van der Waals surface area contributed by atoms with Gasteiger partial charge in [-0.25, -0.2) is 22.9 Å². The molecule has 1 aromatic heterocycles. The zero-order valence-corrected chi connectivity index (χ0v) is 14.8. The lowest BCUT2D eigenvalue weighted by Gasteiger charge is -2.12. The fraction of sp³-hybridized carbons (Fsp3) is 0.143. The average Bonchev–Trinajstić information content (AvgIpc) is 2.52. The molecule has 0 aliphatic rings. The molecule has 0 spiro atoms. The van der Waals surface area contributed by atoms with Crippen LogP contribution < -0.4 is 4.72 Å². The Kier molecular flexibility index (Phi) is 5.81. The minimum Gasteiger partial charge on any atom is -0.477 e. The number of benzene rings is 1. The molecule has 0 atom stereocenters. The Balaban J connectivity index is 2.34. The number of hydrogen-bond donors (Lipinski definition) is 2. The van der Waals surface area contributed by atoms with Gasteiger partial charge in [0.25, 0.3) is 0 Å². The molecule has 2 aromatic rings. The third-order valence-corrected chi connectivity index (χ3v) is 5.08. The van der Waals surface area contributed by atoms with Crippen LogP contribution in [0.4, 0.5) is 13.2 Å². The van der Waals surface area contributed by atoms with E-state index in [9.17, 15) is 26.4 Å². The predicted molar refractivity (Wildman–Crippen MR) is 86.7 cm³/mol. The molecule has 0 unspecified atom stereocenters. The largest absolute Gasteiger partial charge is 0.477 e. The molecule has 0 aliphatic heterocycles. The standard InChI is InChI=1S/C14H9Cl2F3N2O4S/c15-8-3-7(12(13(22)23)20-6-8)5-21-26(24,25)9-1-2-11(16)10(4-9)14(17,18)19/h1-4,6,21H,5H2,(H,22,23). The Bertz CT molecular complexity index is 965. The summed E-state index contributed by atoms with van der Waals surface area (Å²) in [6.45, 7) is -0.540. The number of alkyl halides is 3. The Hall–Kier alpha value is -1.88. The van der Waals surface area contributed by atoms with Gasteiger partial charge in [-0.1, -0.05) is 23.2 Å². The molecular formula is C14H9Cl2F3N2O4S. The summed E-state index contributed by atoms with van der Waals surface area (Å²) < 4.78 is 65.1. The third-order valence-electron chi connectivity index (χ3n) is 3.14. The summed E-state index contributed by atoms with van der Waals surface area (Å²) in [5.74, 6) is -1.42. The molecule has 0 saturated carbocycles. The van der Waals surface area contributed by atoms with Crippen molar-refractivity contribution in [1.82, 2.24) is 9.71 Å². The van der Waals surface area contributed by atoms with Crippen LogP contribution in [0.5, 0.6) is 0 Å². The molecule has 2 rings (SSSR count). The zero-order chi connectivity index (χ0) is 19.7. The SMILES string of the molecule is O=C(O)c1ncc(Cl)cc1CNS(=O)(=O)c1ccc(Cl)c(C(F)(F)F)c1. The number of sulfonamides is 1. The molecule has 0 fully saturated rings. The normalized spacial score (nSPS) is 12.2. The number of aromatic nitrogens is 1. The van der Waals surface area contributed by atoms with E-state index in [4.69, 9.17) is 28.3 Å². The van der Waals surface area contributed by atoms with Crippen LogP contribution in [-0.4, -0.2) is 24.5 Å². The van der Waals surface area contributed by atoms with Gasteiger partial charge in [0.1, 0.15) is 0 Å². The van der Waals surface area contributed by atoms with Gasteiger partial charge in [0.05, 0.1) is 20.5 Å². The van der Waals surface area contributed by atoms with Crippen LogP contribution in [0.15, 0.2) is 35.4 Å². The molecule has 0 aliphatic carbocycles. The van der Waals surface area contributed by atoms with E-state index in [0.717, 1.165) is 18.3 Å². The van der Waals surface area contributed by atoms with E-state index in [1.54, 1.807) is 0 Å². The highest BCUT2D eigenvalue weighted by Gasteiger charge is 2.34. The van der Waals surface area contributed by atoms with Crippen LogP contribution in [0.25, 0.3) is 0 Å². The predicted octanol–water partition coefficient (Wildman–Crippen LogP) is 3.58. The van der Waals surface area contributed by atoms with Crippen LogP contribution in [0.3, 0.4) is 0 Å². The van der Waals surface area contributed by atoms with Crippen molar-refractivity contribution < 1.29 is 31.5 Å². The average molecular weight is 429 g/mol. The Morgan fingerprint density at radius 3 is 2.46 bits per heavy atom. The lowest BCUT2D eigenvalue weighted by Crippen LogP contribution is -2.25. The van der Waals surface area contributed by atoms with Gasteiger partial charge in [0, 0.05) is 18.3 Å². The number of aromatic carboxylic acids is 1. The monoisotopic (exact) mass is 428 g/mol. The van der Waals surface area contributed by atoms with E-state index in [0.29, 0.717) is 6.07 Å². The summed E-state index contributed by atoms with van der Waals surface area (Å²) in [5, 5.41) is 8.45. The quantitative estimate of drug-likeness (QED) is 0.758. The van der Waals surface area contributed by atoms with Gasteiger partial charge in [-0.15, -0.1) is 0 Å². The van der Waals surface area contributed by atoms with Crippen molar-refractivity contribution in [2.45, 2.75) is 17.6 Å². The highest BCUT2D eigenvalue weighted by molar-refractivity contribution is 7.89. The molecule has 12 heteroatoms. The van der Waals surface area contributed by atoms with E-state index in [2.05, 4.69) is 4.98 Å². The molecule has 140 valence electrons. The topological polar surface area (TPSA) is 96.4 Å². The highest BCUT2D eigenvalue weighted by Crippen LogP contribution is 2.35. The first-order valence-corrected chi connectivity index (χ1v) is 8.90. The molecule has 2 N–H and O–H groups in total. The number of carbonyl (C=O) groups is 1. The maximum atomic E-state index is 12.9. The first kappa shape index (κ1) is 20.4. The lowest BCUT2D eigenvalue weighted by atomic mass is 10.2. The van der Waals surface area contributed by atoms with Gasteiger partial charge in [-0.3, -0.25) is 0 Å². The molecule has 1 heterocycles. The van der Waals surface area contributed by atoms with Gasteiger partial charge >= 0.3 is 12.1 Å². The molecule has 0 radical (unpaired) electrons. The van der Waals surface area contributed by atoms with Crippen molar-refractivity contribution in [3.8, 4) is 0 Å². The van der Waals surface area contributed by atoms with E-state index in [1.165, 1.54) is 6.07 Å². The van der Waals surface area contributed by atoms with Crippen molar-refractivity contribution in [3.63, 3.8) is 0 Å². The van der Waals surface area contributed by atoms with Crippen LogP contribution in [0.2, 0.25) is 10.0 Å².